The van der Waals surface area contributed by atoms with E-state index in [9.17, 15) is 4.79 Å². The first kappa shape index (κ1) is 12.8. The van der Waals surface area contributed by atoms with Crippen molar-refractivity contribution in [1.29, 1.82) is 0 Å². The van der Waals surface area contributed by atoms with Crippen molar-refractivity contribution in [3.05, 3.63) is 35.9 Å². The zero-order valence-corrected chi connectivity index (χ0v) is 11.1. The molecule has 1 heterocycles. The third-order valence-electron chi connectivity index (χ3n) is 2.83. The minimum atomic E-state index is -0.580. The molecule has 0 spiro atoms. The van der Waals surface area contributed by atoms with Gasteiger partial charge in [0.2, 0.25) is 5.91 Å². The second kappa shape index (κ2) is 6.31. The van der Waals surface area contributed by atoms with Crippen LogP contribution >= 0.6 is 23.4 Å². The number of halogens is 1. The minimum Gasteiger partial charge on any atom is -0.351 e. The molecule has 1 aliphatic heterocycles. The summed E-state index contributed by atoms with van der Waals surface area (Å²) in [4.78, 5) is 12.0. The smallest absolute Gasteiger partial charge is 0.242 e. The van der Waals surface area contributed by atoms with E-state index in [1.54, 1.807) is 0 Å². The Hall–Kier alpha value is -0.670. The lowest BCUT2D eigenvalue weighted by Gasteiger charge is -2.23. The molecule has 2 nitrogen and oxygen atoms in total. The van der Waals surface area contributed by atoms with E-state index in [0.29, 0.717) is 0 Å². The monoisotopic (exact) mass is 269 g/mol. The topological polar surface area (TPSA) is 29.1 Å². The van der Waals surface area contributed by atoms with Crippen molar-refractivity contribution in [2.24, 2.45) is 0 Å². The van der Waals surface area contributed by atoms with Crippen LogP contribution in [0.4, 0.5) is 0 Å². The van der Waals surface area contributed by atoms with E-state index in [1.807, 2.05) is 42.1 Å². The molecule has 1 amide bonds. The van der Waals surface area contributed by atoms with Crippen LogP contribution in [0.3, 0.4) is 0 Å². The molecule has 1 aromatic carbocycles. The van der Waals surface area contributed by atoms with Crippen molar-refractivity contribution in [1.82, 2.24) is 5.32 Å². The predicted octanol–water partition coefficient (Wildman–Crippen LogP) is 2.98. The van der Waals surface area contributed by atoms with Gasteiger partial charge in [0, 0.05) is 11.8 Å². The van der Waals surface area contributed by atoms with Gasteiger partial charge in [-0.15, -0.1) is 11.6 Å². The number of alkyl halides is 1. The van der Waals surface area contributed by atoms with Gasteiger partial charge in [-0.2, -0.15) is 11.8 Å². The fourth-order valence-corrected chi connectivity index (χ4v) is 3.18. The molecule has 1 fully saturated rings. The van der Waals surface area contributed by atoms with E-state index in [1.165, 1.54) is 12.2 Å². The Labute approximate surface area is 111 Å². The third-order valence-corrected chi connectivity index (χ3v) is 4.49. The lowest BCUT2D eigenvalue weighted by molar-refractivity contribution is -0.121. The maximum atomic E-state index is 12.0. The van der Waals surface area contributed by atoms with E-state index in [0.717, 1.165) is 17.7 Å². The number of nitrogens with one attached hydrogen (secondary N) is 1. The Bertz CT molecular complexity index is 365. The molecular weight excluding hydrogens is 254 g/mol. The molecule has 4 heteroatoms. The van der Waals surface area contributed by atoms with Crippen LogP contribution in [-0.4, -0.2) is 23.5 Å². The summed E-state index contributed by atoms with van der Waals surface area (Å²) in [5.74, 6) is 2.13. The van der Waals surface area contributed by atoms with E-state index < -0.39 is 5.38 Å². The number of benzene rings is 1. The number of rotatable bonds is 3. The first-order valence-corrected chi connectivity index (χ1v) is 7.43. The summed E-state index contributed by atoms with van der Waals surface area (Å²) in [7, 11) is 0. The average molecular weight is 270 g/mol. The Morgan fingerprint density at radius 1 is 1.41 bits per heavy atom. The van der Waals surface area contributed by atoms with Gasteiger partial charge >= 0.3 is 0 Å². The first-order chi connectivity index (χ1) is 8.27. The molecule has 0 radical (unpaired) electrons. The Morgan fingerprint density at radius 2 is 2.18 bits per heavy atom. The fraction of sp³-hybridized carbons (Fsp3) is 0.462. The number of hydrogen-bond acceptors (Lipinski definition) is 2. The van der Waals surface area contributed by atoms with Crippen LogP contribution in [0.25, 0.3) is 0 Å². The van der Waals surface area contributed by atoms with Crippen LogP contribution in [-0.2, 0) is 4.79 Å². The highest BCUT2D eigenvalue weighted by Crippen LogP contribution is 2.22. The molecule has 1 aliphatic rings. The van der Waals surface area contributed by atoms with Gasteiger partial charge in [0.15, 0.2) is 0 Å². The summed E-state index contributed by atoms with van der Waals surface area (Å²) >= 11 is 8.05. The third kappa shape index (κ3) is 3.65. The second-order valence-corrected chi connectivity index (χ2v) is 5.78. The van der Waals surface area contributed by atoms with Crippen molar-refractivity contribution >= 4 is 29.3 Å². The summed E-state index contributed by atoms with van der Waals surface area (Å²) in [5, 5.41) is 2.44. The summed E-state index contributed by atoms with van der Waals surface area (Å²) in [6.07, 6.45) is 2.24. The summed E-state index contributed by atoms with van der Waals surface area (Å²) in [5.41, 5.74) is 0.857. The number of carbonyl (C=O) groups excluding carboxylic acids is 1. The summed E-state index contributed by atoms with van der Waals surface area (Å²) < 4.78 is 0. The molecule has 17 heavy (non-hydrogen) atoms. The molecule has 1 aromatic rings. The molecule has 2 unspecified atom stereocenters. The zero-order valence-electron chi connectivity index (χ0n) is 9.56. The van der Waals surface area contributed by atoms with Gasteiger partial charge in [-0.3, -0.25) is 4.79 Å². The highest BCUT2D eigenvalue weighted by Gasteiger charge is 2.22. The minimum absolute atomic E-state index is 0.0784. The second-order valence-electron chi connectivity index (χ2n) is 4.20. The van der Waals surface area contributed by atoms with Crippen LogP contribution in [0.5, 0.6) is 0 Å². The molecule has 0 aromatic heterocycles. The molecular formula is C13H16ClNOS. The number of thioether (sulfide) groups is 1. The van der Waals surface area contributed by atoms with Crippen molar-refractivity contribution in [2.75, 3.05) is 11.5 Å². The van der Waals surface area contributed by atoms with Crippen molar-refractivity contribution < 1.29 is 4.79 Å². The highest BCUT2D eigenvalue weighted by molar-refractivity contribution is 7.99. The molecule has 92 valence electrons. The SMILES string of the molecule is O=C(NC1CCCSC1)C(Cl)c1ccccc1. The molecule has 0 bridgehead atoms. The summed E-state index contributed by atoms with van der Waals surface area (Å²) in [6, 6.07) is 9.76. The standard InChI is InChI=1S/C13H16ClNOS/c14-12(10-5-2-1-3-6-10)13(16)15-11-7-4-8-17-9-11/h1-3,5-6,11-12H,4,7-9H2,(H,15,16). The average Bonchev–Trinajstić information content (AvgIpc) is 2.40. The van der Waals surface area contributed by atoms with Gasteiger partial charge in [0.1, 0.15) is 5.38 Å². The molecule has 2 atom stereocenters. The largest absolute Gasteiger partial charge is 0.351 e. The lowest BCUT2D eigenvalue weighted by atomic mass is 10.1. The Morgan fingerprint density at radius 3 is 2.82 bits per heavy atom. The maximum Gasteiger partial charge on any atom is 0.242 e. The van der Waals surface area contributed by atoms with Crippen molar-refractivity contribution in [3.63, 3.8) is 0 Å². The van der Waals surface area contributed by atoms with Crippen LogP contribution in [0, 0.1) is 0 Å². The van der Waals surface area contributed by atoms with E-state index in [2.05, 4.69) is 5.32 Å². The van der Waals surface area contributed by atoms with Gasteiger partial charge in [0.05, 0.1) is 0 Å². The van der Waals surface area contributed by atoms with Gasteiger partial charge in [-0.25, -0.2) is 0 Å². The molecule has 2 rings (SSSR count). The molecule has 0 aliphatic carbocycles. The first-order valence-electron chi connectivity index (χ1n) is 5.84. The summed E-state index contributed by atoms with van der Waals surface area (Å²) in [6.45, 7) is 0. The van der Waals surface area contributed by atoms with Gasteiger partial charge in [-0.1, -0.05) is 30.3 Å². The Balaban J connectivity index is 1.91. The lowest BCUT2D eigenvalue weighted by Crippen LogP contribution is -2.39. The maximum absolute atomic E-state index is 12.0. The highest BCUT2D eigenvalue weighted by atomic mass is 35.5. The normalized spacial score (nSPS) is 21.8. The van der Waals surface area contributed by atoms with Crippen molar-refractivity contribution in [3.8, 4) is 0 Å². The van der Waals surface area contributed by atoms with E-state index >= 15 is 0 Å². The fourth-order valence-electron chi connectivity index (χ4n) is 1.90. The van der Waals surface area contributed by atoms with Gasteiger partial charge in [-0.05, 0) is 24.2 Å². The van der Waals surface area contributed by atoms with Crippen LogP contribution in [0.2, 0.25) is 0 Å². The van der Waals surface area contributed by atoms with Crippen LogP contribution in [0.15, 0.2) is 30.3 Å². The number of amides is 1. The molecule has 1 N–H and O–H groups in total. The van der Waals surface area contributed by atoms with Gasteiger partial charge in [0.25, 0.3) is 0 Å². The van der Waals surface area contributed by atoms with Crippen molar-refractivity contribution in [2.45, 2.75) is 24.3 Å². The van der Waals surface area contributed by atoms with Crippen LogP contribution < -0.4 is 5.32 Å². The quantitative estimate of drug-likeness (QED) is 0.855. The molecule has 0 saturated carbocycles. The number of hydrogen-bond donors (Lipinski definition) is 1. The van der Waals surface area contributed by atoms with E-state index in [4.69, 9.17) is 11.6 Å². The van der Waals surface area contributed by atoms with Crippen LogP contribution in [0.1, 0.15) is 23.8 Å². The number of carbonyl (C=O) groups is 1. The zero-order chi connectivity index (χ0) is 12.1. The predicted molar refractivity (Wildman–Crippen MR) is 73.5 cm³/mol. The Kier molecular flexibility index (Phi) is 4.75. The van der Waals surface area contributed by atoms with Gasteiger partial charge < -0.3 is 5.32 Å². The van der Waals surface area contributed by atoms with E-state index in [-0.39, 0.29) is 11.9 Å². The molecule has 1 saturated heterocycles.